The van der Waals surface area contributed by atoms with Gasteiger partial charge in [-0.1, -0.05) is 24.3 Å². The summed E-state index contributed by atoms with van der Waals surface area (Å²) in [6.45, 7) is 1.77. The summed E-state index contributed by atoms with van der Waals surface area (Å²) in [5.74, 6) is -0.872. The summed E-state index contributed by atoms with van der Waals surface area (Å²) in [5.41, 5.74) is 3.57. The lowest BCUT2D eigenvalue weighted by Gasteiger charge is -2.31. The topological polar surface area (TPSA) is 92.8 Å². The molecule has 0 spiro atoms. The van der Waals surface area contributed by atoms with Gasteiger partial charge in [0.15, 0.2) is 0 Å². The maximum Gasteiger partial charge on any atom is 0.337 e. The number of nitrogens with one attached hydrogen (secondary N) is 1. The third-order valence-corrected chi connectivity index (χ3v) is 7.05. The Hall–Kier alpha value is -3.65. The molecule has 3 aromatic rings. The van der Waals surface area contributed by atoms with Crippen LogP contribution in [0.3, 0.4) is 0 Å². The first kappa shape index (κ1) is 20.6. The van der Waals surface area contributed by atoms with Crippen molar-refractivity contribution in [3.8, 4) is 11.1 Å². The number of methoxy groups -OCH3 is 1. The van der Waals surface area contributed by atoms with Gasteiger partial charge in [0.1, 0.15) is 0 Å². The smallest absolute Gasteiger partial charge is 0.337 e. The highest BCUT2D eigenvalue weighted by Crippen LogP contribution is 2.44. The standard InChI is InChI=1S/C23H20N2O5S/c1-14-11-16(22(26)24-17-8-6-7-15(12-17)23(27)30-3)13-19-18-9-4-5-10-20(18)31(28,29)25(2)21(14)19/h4-13H,1-3H3,(H,24,26). The van der Waals surface area contributed by atoms with Gasteiger partial charge in [-0.25, -0.2) is 13.2 Å². The number of sulfonamides is 1. The molecule has 1 N–H and O–H groups in total. The van der Waals surface area contributed by atoms with Gasteiger partial charge in [0.2, 0.25) is 0 Å². The van der Waals surface area contributed by atoms with Crippen LogP contribution in [-0.4, -0.2) is 34.5 Å². The number of anilines is 2. The van der Waals surface area contributed by atoms with E-state index in [0.29, 0.717) is 39.2 Å². The van der Waals surface area contributed by atoms with Gasteiger partial charge in [0.25, 0.3) is 15.9 Å². The molecule has 0 atom stereocenters. The first-order valence-corrected chi connectivity index (χ1v) is 10.9. The fourth-order valence-electron chi connectivity index (χ4n) is 3.76. The molecular weight excluding hydrogens is 416 g/mol. The lowest BCUT2D eigenvalue weighted by Crippen LogP contribution is -2.31. The van der Waals surface area contributed by atoms with E-state index >= 15 is 0 Å². The molecule has 0 aliphatic carbocycles. The summed E-state index contributed by atoms with van der Waals surface area (Å²) >= 11 is 0. The van der Waals surface area contributed by atoms with Crippen LogP contribution in [-0.2, 0) is 14.8 Å². The van der Waals surface area contributed by atoms with Gasteiger partial charge < -0.3 is 10.1 Å². The van der Waals surface area contributed by atoms with Crippen LogP contribution in [0.15, 0.2) is 65.6 Å². The predicted molar refractivity (Wildman–Crippen MR) is 118 cm³/mol. The number of fused-ring (bicyclic) bond motifs is 3. The van der Waals surface area contributed by atoms with Gasteiger partial charge in [0, 0.05) is 29.4 Å². The molecule has 0 saturated heterocycles. The number of aryl methyl sites for hydroxylation is 1. The zero-order valence-corrected chi connectivity index (χ0v) is 18.0. The van der Waals surface area contributed by atoms with Gasteiger partial charge in [0.05, 0.1) is 23.3 Å². The minimum atomic E-state index is -3.66. The molecule has 1 amide bonds. The first-order chi connectivity index (χ1) is 14.7. The first-order valence-electron chi connectivity index (χ1n) is 9.46. The summed E-state index contributed by atoms with van der Waals surface area (Å²) in [5, 5.41) is 2.78. The Bertz CT molecular complexity index is 1330. The Balaban J connectivity index is 1.76. The summed E-state index contributed by atoms with van der Waals surface area (Å²) in [7, 11) is -0.865. The Kier molecular flexibility index (Phi) is 5.02. The van der Waals surface area contributed by atoms with Crippen molar-refractivity contribution in [3.63, 3.8) is 0 Å². The fourth-order valence-corrected chi connectivity index (χ4v) is 5.24. The van der Waals surface area contributed by atoms with E-state index in [1.807, 2.05) is 0 Å². The molecule has 0 unspecified atom stereocenters. The third kappa shape index (κ3) is 3.44. The van der Waals surface area contributed by atoms with Gasteiger partial charge in [-0.15, -0.1) is 0 Å². The van der Waals surface area contributed by atoms with E-state index in [4.69, 9.17) is 4.74 Å². The van der Waals surface area contributed by atoms with E-state index in [1.165, 1.54) is 24.5 Å². The average Bonchev–Trinajstić information content (AvgIpc) is 2.77. The van der Waals surface area contributed by atoms with Gasteiger partial charge in [-0.05, 0) is 48.9 Å². The van der Waals surface area contributed by atoms with Gasteiger partial charge in [-0.3, -0.25) is 9.10 Å². The highest BCUT2D eigenvalue weighted by Gasteiger charge is 2.33. The summed E-state index contributed by atoms with van der Waals surface area (Å²) in [6.07, 6.45) is 0. The van der Waals surface area contributed by atoms with E-state index in [9.17, 15) is 18.0 Å². The molecule has 0 bridgehead atoms. The van der Waals surface area contributed by atoms with Crippen molar-refractivity contribution in [1.82, 2.24) is 0 Å². The second-order valence-corrected chi connectivity index (χ2v) is 9.12. The maximum atomic E-state index is 13.0. The molecule has 1 aliphatic heterocycles. The van der Waals surface area contributed by atoms with E-state index in [0.717, 1.165) is 0 Å². The molecule has 31 heavy (non-hydrogen) atoms. The van der Waals surface area contributed by atoms with Crippen LogP contribution in [0, 0.1) is 6.92 Å². The number of rotatable bonds is 3. The number of carbonyl (C=O) groups is 2. The molecule has 1 heterocycles. The van der Waals surface area contributed by atoms with Crippen molar-refractivity contribution in [3.05, 3.63) is 77.4 Å². The molecule has 4 rings (SSSR count). The number of amides is 1. The van der Waals surface area contributed by atoms with E-state index in [-0.39, 0.29) is 10.8 Å². The maximum absolute atomic E-state index is 13.0. The number of carbonyl (C=O) groups excluding carboxylic acids is 2. The van der Waals surface area contributed by atoms with Crippen LogP contribution >= 0.6 is 0 Å². The Labute approximate surface area is 180 Å². The number of hydrogen-bond acceptors (Lipinski definition) is 5. The van der Waals surface area contributed by atoms with E-state index < -0.39 is 16.0 Å². The lowest BCUT2D eigenvalue weighted by molar-refractivity contribution is 0.0600. The number of ether oxygens (including phenoxy) is 1. The molecule has 1 aliphatic rings. The minimum Gasteiger partial charge on any atom is -0.465 e. The van der Waals surface area contributed by atoms with Crippen LogP contribution in [0.25, 0.3) is 11.1 Å². The summed E-state index contributed by atoms with van der Waals surface area (Å²) in [6, 6.07) is 16.5. The van der Waals surface area contributed by atoms with Crippen LogP contribution in [0.5, 0.6) is 0 Å². The summed E-state index contributed by atoms with van der Waals surface area (Å²) in [4.78, 5) is 24.9. The molecule has 0 aromatic heterocycles. The third-order valence-electron chi connectivity index (χ3n) is 5.23. The quantitative estimate of drug-likeness (QED) is 0.630. The molecular formula is C23H20N2O5S. The van der Waals surface area contributed by atoms with Crippen molar-refractivity contribution in [2.45, 2.75) is 11.8 Å². The minimum absolute atomic E-state index is 0.202. The second kappa shape index (κ2) is 7.55. The molecule has 0 fully saturated rings. The van der Waals surface area contributed by atoms with Crippen molar-refractivity contribution in [2.75, 3.05) is 23.8 Å². The van der Waals surface area contributed by atoms with E-state index in [2.05, 4.69) is 5.32 Å². The van der Waals surface area contributed by atoms with Gasteiger partial charge in [-0.2, -0.15) is 0 Å². The van der Waals surface area contributed by atoms with Crippen LogP contribution < -0.4 is 9.62 Å². The normalized spacial score (nSPS) is 13.7. The predicted octanol–water partition coefficient (Wildman–Crippen LogP) is 3.84. The SMILES string of the molecule is COC(=O)c1cccc(NC(=O)c2cc(C)c3c(c2)-c2ccccc2S(=O)(=O)N3C)c1. The molecule has 0 saturated carbocycles. The summed E-state index contributed by atoms with van der Waals surface area (Å²) < 4.78 is 31.8. The molecule has 8 heteroatoms. The second-order valence-electron chi connectivity index (χ2n) is 7.18. The van der Waals surface area contributed by atoms with Crippen molar-refractivity contribution < 1.29 is 22.7 Å². The molecule has 158 valence electrons. The number of esters is 1. The number of benzene rings is 3. The Morgan fingerprint density at radius 1 is 0.935 bits per heavy atom. The Morgan fingerprint density at radius 3 is 2.42 bits per heavy atom. The highest BCUT2D eigenvalue weighted by atomic mass is 32.2. The van der Waals surface area contributed by atoms with Crippen LogP contribution in [0.2, 0.25) is 0 Å². The monoisotopic (exact) mass is 436 g/mol. The van der Waals surface area contributed by atoms with Crippen molar-refractivity contribution in [2.24, 2.45) is 0 Å². The number of hydrogen-bond donors (Lipinski definition) is 1. The zero-order chi connectivity index (χ0) is 22.3. The van der Waals surface area contributed by atoms with E-state index in [1.54, 1.807) is 61.5 Å². The fraction of sp³-hybridized carbons (Fsp3) is 0.130. The van der Waals surface area contributed by atoms with Gasteiger partial charge >= 0.3 is 5.97 Å². The largest absolute Gasteiger partial charge is 0.465 e. The molecule has 3 aromatic carbocycles. The molecule has 0 radical (unpaired) electrons. The lowest BCUT2D eigenvalue weighted by atomic mass is 9.96. The zero-order valence-electron chi connectivity index (χ0n) is 17.2. The van der Waals surface area contributed by atoms with Crippen molar-refractivity contribution in [1.29, 1.82) is 0 Å². The Morgan fingerprint density at radius 2 is 1.68 bits per heavy atom. The highest BCUT2D eigenvalue weighted by molar-refractivity contribution is 7.93. The number of nitrogens with zero attached hydrogens (tertiary/aromatic N) is 1. The van der Waals surface area contributed by atoms with Crippen LogP contribution in [0.1, 0.15) is 26.3 Å². The molecule has 7 nitrogen and oxygen atoms in total. The average molecular weight is 436 g/mol. The van der Waals surface area contributed by atoms with Crippen molar-refractivity contribution >= 4 is 33.3 Å². The van der Waals surface area contributed by atoms with Crippen LogP contribution in [0.4, 0.5) is 11.4 Å².